The number of anilines is 2. The molecule has 7 nitrogen and oxygen atoms in total. The fourth-order valence-corrected chi connectivity index (χ4v) is 4.03. The van der Waals surface area contributed by atoms with Crippen LogP contribution in [0.25, 0.3) is 11.0 Å². The minimum Gasteiger partial charge on any atom is -0.456 e. The zero-order valence-electron chi connectivity index (χ0n) is 18.5. The van der Waals surface area contributed by atoms with Gasteiger partial charge in [0.15, 0.2) is 0 Å². The molecule has 0 spiro atoms. The number of nitrogens with one attached hydrogen (secondary N) is 1. The van der Waals surface area contributed by atoms with Crippen LogP contribution in [0.1, 0.15) is 18.1 Å². The number of ether oxygens (including phenoxy) is 1. The van der Waals surface area contributed by atoms with Crippen molar-refractivity contribution in [1.82, 2.24) is 9.97 Å². The van der Waals surface area contributed by atoms with Crippen molar-refractivity contribution >= 4 is 34.3 Å². The highest BCUT2D eigenvalue weighted by atomic mass is 19.4. The summed E-state index contributed by atoms with van der Waals surface area (Å²) in [5.41, 5.74) is 0.863. The van der Waals surface area contributed by atoms with Crippen LogP contribution in [0.5, 0.6) is 11.5 Å². The quantitative estimate of drug-likeness (QED) is 0.360. The van der Waals surface area contributed by atoms with E-state index >= 15 is 0 Å². The zero-order valence-corrected chi connectivity index (χ0v) is 18.5. The first-order valence-corrected chi connectivity index (χ1v) is 10.8. The van der Waals surface area contributed by atoms with Crippen LogP contribution in [0.4, 0.5) is 29.3 Å². The normalized spacial score (nSPS) is 14.3. The van der Waals surface area contributed by atoms with Crippen LogP contribution >= 0.6 is 0 Å². The Morgan fingerprint density at radius 3 is 2.63 bits per heavy atom. The number of rotatable bonds is 5. The number of H-pyrrole nitrogens is 1. The summed E-state index contributed by atoms with van der Waals surface area (Å²) in [7, 11) is 0. The molecule has 1 aliphatic heterocycles. The van der Waals surface area contributed by atoms with Crippen LogP contribution in [0, 0.1) is 0 Å². The van der Waals surface area contributed by atoms with Gasteiger partial charge in [0.25, 0.3) is 5.91 Å². The van der Waals surface area contributed by atoms with Gasteiger partial charge in [0.05, 0.1) is 16.6 Å². The molecule has 3 amide bonds. The van der Waals surface area contributed by atoms with E-state index in [-0.39, 0.29) is 12.2 Å². The van der Waals surface area contributed by atoms with Gasteiger partial charge >= 0.3 is 12.2 Å². The molecule has 5 rings (SSSR count). The Kier molecular flexibility index (Phi) is 5.43. The van der Waals surface area contributed by atoms with E-state index in [9.17, 15) is 22.8 Å². The first kappa shape index (κ1) is 22.5. The molecule has 0 saturated carbocycles. The molecule has 1 fully saturated rings. The average molecular weight is 480 g/mol. The van der Waals surface area contributed by atoms with Gasteiger partial charge in [0.2, 0.25) is 0 Å². The zero-order chi connectivity index (χ0) is 24.7. The number of urea groups is 1. The molecule has 2 aromatic carbocycles. The molecule has 2 aromatic heterocycles. The summed E-state index contributed by atoms with van der Waals surface area (Å²) >= 11 is 0. The van der Waals surface area contributed by atoms with Crippen molar-refractivity contribution < 1.29 is 27.5 Å². The molecule has 0 atom stereocenters. The van der Waals surface area contributed by atoms with Crippen molar-refractivity contribution in [1.29, 1.82) is 0 Å². The van der Waals surface area contributed by atoms with Crippen molar-refractivity contribution in [3.63, 3.8) is 0 Å². The lowest BCUT2D eigenvalue weighted by molar-refractivity contribution is -0.137. The summed E-state index contributed by atoms with van der Waals surface area (Å²) in [6.45, 7) is 1.55. The van der Waals surface area contributed by atoms with Crippen molar-refractivity contribution in [2.45, 2.75) is 19.5 Å². The van der Waals surface area contributed by atoms with Gasteiger partial charge in [-0.3, -0.25) is 9.69 Å². The Labute approximate surface area is 197 Å². The number of carbonyl (C=O) groups is 2. The SMILES string of the molecule is CCc1cc(N2C(=O)CN(c3cccc(C(F)(F)F)c3)C2=O)ccc1Oc1ccnc2[nH]ccc12. The fraction of sp³-hybridized carbons (Fsp3) is 0.160. The third-order valence-electron chi connectivity index (χ3n) is 5.77. The third kappa shape index (κ3) is 4.07. The van der Waals surface area contributed by atoms with E-state index in [0.717, 1.165) is 32.9 Å². The van der Waals surface area contributed by atoms with Crippen LogP contribution < -0.4 is 14.5 Å². The number of aromatic nitrogens is 2. The Bertz CT molecular complexity index is 1450. The Balaban J connectivity index is 1.44. The van der Waals surface area contributed by atoms with E-state index in [1.54, 1.807) is 36.7 Å². The molecule has 35 heavy (non-hydrogen) atoms. The molecule has 0 radical (unpaired) electrons. The summed E-state index contributed by atoms with van der Waals surface area (Å²) in [5, 5.41) is 0.806. The number of hydrogen-bond acceptors (Lipinski definition) is 4. The van der Waals surface area contributed by atoms with Gasteiger partial charge in [-0.05, 0) is 60.5 Å². The van der Waals surface area contributed by atoms with E-state index in [4.69, 9.17) is 4.74 Å². The number of alkyl halides is 3. The second-order valence-corrected chi connectivity index (χ2v) is 7.94. The maximum atomic E-state index is 13.1. The Morgan fingerprint density at radius 2 is 1.86 bits per heavy atom. The minimum atomic E-state index is -4.56. The van der Waals surface area contributed by atoms with Crippen LogP contribution in [-0.4, -0.2) is 28.5 Å². The monoisotopic (exact) mass is 480 g/mol. The number of fused-ring (bicyclic) bond motifs is 1. The van der Waals surface area contributed by atoms with Crippen LogP contribution in [0.3, 0.4) is 0 Å². The second-order valence-electron chi connectivity index (χ2n) is 7.94. The highest BCUT2D eigenvalue weighted by molar-refractivity contribution is 6.27. The molecular formula is C25H19F3N4O3. The highest BCUT2D eigenvalue weighted by Crippen LogP contribution is 2.36. The lowest BCUT2D eigenvalue weighted by Gasteiger charge is -2.19. The molecule has 1 aliphatic rings. The number of amides is 3. The first-order valence-electron chi connectivity index (χ1n) is 10.8. The summed E-state index contributed by atoms with van der Waals surface area (Å²) < 4.78 is 45.5. The number of halogens is 3. The summed E-state index contributed by atoms with van der Waals surface area (Å²) in [4.78, 5) is 35.1. The van der Waals surface area contributed by atoms with Gasteiger partial charge < -0.3 is 9.72 Å². The molecule has 1 saturated heterocycles. The number of nitrogens with zero attached hydrogens (tertiary/aromatic N) is 3. The van der Waals surface area contributed by atoms with Gasteiger partial charge in [-0.2, -0.15) is 13.2 Å². The number of aryl methyl sites for hydroxylation is 1. The average Bonchev–Trinajstić information content (AvgIpc) is 3.43. The minimum absolute atomic E-state index is 0.00421. The fourth-order valence-electron chi connectivity index (χ4n) is 4.03. The lowest BCUT2D eigenvalue weighted by atomic mass is 10.1. The van der Waals surface area contributed by atoms with E-state index in [2.05, 4.69) is 9.97 Å². The Hall–Kier alpha value is -4.34. The standard InChI is InChI=1S/C25H19F3N4O3/c1-2-15-12-18(6-7-20(15)35-21-9-11-30-23-19(21)8-10-29-23)32-22(33)14-31(24(32)34)17-5-3-4-16(13-17)25(26,27)28/h3-13H,2,14H2,1H3,(H,29,30). The number of benzene rings is 2. The summed E-state index contributed by atoms with van der Waals surface area (Å²) in [5.74, 6) is 0.618. The van der Waals surface area contributed by atoms with Crippen molar-refractivity contribution in [2.75, 3.05) is 16.3 Å². The van der Waals surface area contributed by atoms with Crippen molar-refractivity contribution in [2.24, 2.45) is 0 Å². The molecule has 0 aliphatic carbocycles. The second kappa shape index (κ2) is 8.46. The number of pyridine rings is 1. The van der Waals surface area contributed by atoms with Crippen molar-refractivity contribution in [3.05, 3.63) is 78.1 Å². The van der Waals surface area contributed by atoms with Gasteiger partial charge in [0.1, 0.15) is 23.7 Å². The molecule has 0 unspecified atom stereocenters. The maximum absolute atomic E-state index is 13.1. The van der Waals surface area contributed by atoms with E-state index in [1.807, 2.05) is 13.0 Å². The van der Waals surface area contributed by atoms with Gasteiger partial charge in [-0.1, -0.05) is 13.0 Å². The lowest BCUT2D eigenvalue weighted by Crippen LogP contribution is -2.33. The number of aromatic amines is 1. The van der Waals surface area contributed by atoms with E-state index in [0.29, 0.717) is 29.3 Å². The van der Waals surface area contributed by atoms with Crippen LogP contribution in [-0.2, 0) is 17.4 Å². The summed E-state index contributed by atoms with van der Waals surface area (Å²) in [6.07, 6.45) is -0.625. The molecular weight excluding hydrogens is 461 g/mol. The molecule has 4 aromatic rings. The Morgan fingerprint density at radius 1 is 1.03 bits per heavy atom. The third-order valence-corrected chi connectivity index (χ3v) is 5.77. The van der Waals surface area contributed by atoms with Gasteiger partial charge in [0, 0.05) is 18.1 Å². The molecule has 10 heteroatoms. The molecule has 3 heterocycles. The van der Waals surface area contributed by atoms with Crippen LogP contribution in [0.2, 0.25) is 0 Å². The predicted molar refractivity (Wildman–Crippen MR) is 124 cm³/mol. The highest BCUT2D eigenvalue weighted by Gasteiger charge is 2.39. The molecule has 1 N–H and O–H groups in total. The number of imide groups is 1. The number of hydrogen-bond donors (Lipinski definition) is 1. The van der Waals surface area contributed by atoms with Crippen molar-refractivity contribution in [3.8, 4) is 11.5 Å². The first-order chi connectivity index (χ1) is 16.8. The predicted octanol–water partition coefficient (Wildman–Crippen LogP) is 5.91. The molecule has 178 valence electrons. The molecule has 0 bridgehead atoms. The van der Waals surface area contributed by atoms with Gasteiger partial charge in [-0.15, -0.1) is 0 Å². The summed E-state index contributed by atoms with van der Waals surface area (Å²) in [6, 6.07) is 12.2. The van der Waals surface area contributed by atoms with E-state index in [1.165, 1.54) is 12.1 Å². The number of carbonyl (C=O) groups excluding carboxylic acids is 2. The van der Waals surface area contributed by atoms with Crippen LogP contribution in [0.15, 0.2) is 67.0 Å². The van der Waals surface area contributed by atoms with Gasteiger partial charge in [-0.25, -0.2) is 14.7 Å². The smallest absolute Gasteiger partial charge is 0.416 e. The largest absolute Gasteiger partial charge is 0.456 e. The maximum Gasteiger partial charge on any atom is 0.416 e. The van der Waals surface area contributed by atoms with E-state index < -0.39 is 23.7 Å². The topological polar surface area (TPSA) is 78.5 Å².